The fraction of sp³-hybridized carbons (Fsp3) is 0.593. The Hall–Kier alpha value is -2.60. The lowest BCUT2D eigenvalue weighted by molar-refractivity contribution is -0.140. The highest BCUT2D eigenvalue weighted by molar-refractivity contribution is 7.39. The maximum absolute atomic E-state index is 11.1. The van der Waals surface area contributed by atoms with Crippen molar-refractivity contribution < 1.29 is 14.3 Å². The summed E-state index contributed by atoms with van der Waals surface area (Å²) >= 11 is 0. The van der Waals surface area contributed by atoms with Crippen molar-refractivity contribution in [3.8, 4) is 5.75 Å². The van der Waals surface area contributed by atoms with E-state index in [1.165, 1.54) is 44.8 Å². The van der Waals surface area contributed by atoms with Crippen LogP contribution in [0, 0.1) is 0 Å². The molecule has 1 atom stereocenters. The number of carbonyl (C=O) groups excluding carboxylic acids is 1. The van der Waals surface area contributed by atoms with Crippen molar-refractivity contribution in [1.29, 1.82) is 0 Å². The molecule has 8 nitrogen and oxygen atoms in total. The van der Waals surface area contributed by atoms with E-state index in [4.69, 9.17) is 14.7 Å². The molecule has 1 saturated carbocycles. The number of ether oxygens (including phenoxy) is 2. The molecule has 2 aliphatic rings. The Bertz CT molecular complexity index is 982. The molecule has 1 aromatic carbocycles. The number of hydrogen-bond donors (Lipinski definition) is 2. The Morgan fingerprint density at radius 3 is 2.61 bits per heavy atom. The van der Waals surface area contributed by atoms with E-state index in [2.05, 4.69) is 26.7 Å². The topological polar surface area (TPSA) is 88.6 Å². The molecular formula is C27H40N5O3P. The van der Waals surface area contributed by atoms with Crippen molar-refractivity contribution in [3.63, 3.8) is 0 Å². The summed E-state index contributed by atoms with van der Waals surface area (Å²) in [7, 11) is 2.13. The highest BCUT2D eigenvalue weighted by Crippen LogP contribution is 2.38. The van der Waals surface area contributed by atoms with Crippen LogP contribution in [0.5, 0.6) is 5.75 Å². The van der Waals surface area contributed by atoms with E-state index in [-0.39, 0.29) is 5.97 Å². The zero-order chi connectivity index (χ0) is 25.2. The maximum Gasteiger partial charge on any atom is 0.305 e. The number of rotatable bonds is 13. The van der Waals surface area contributed by atoms with Gasteiger partial charge in [0.05, 0.1) is 13.7 Å². The van der Waals surface area contributed by atoms with Gasteiger partial charge in [0.15, 0.2) is 0 Å². The second-order valence-electron chi connectivity index (χ2n) is 9.54. The number of carbonyl (C=O) groups is 1. The number of aromatic nitrogens is 2. The van der Waals surface area contributed by atoms with E-state index >= 15 is 0 Å². The summed E-state index contributed by atoms with van der Waals surface area (Å²) in [6.07, 6.45) is 11.7. The molecule has 2 aromatic rings. The van der Waals surface area contributed by atoms with Crippen LogP contribution in [0.1, 0.15) is 69.8 Å². The predicted octanol–water partition coefficient (Wildman–Crippen LogP) is 6.05. The van der Waals surface area contributed by atoms with Gasteiger partial charge in [-0.2, -0.15) is 9.97 Å². The van der Waals surface area contributed by atoms with E-state index in [9.17, 15) is 4.79 Å². The van der Waals surface area contributed by atoms with Gasteiger partial charge >= 0.3 is 5.97 Å². The van der Waals surface area contributed by atoms with Crippen LogP contribution in [-0.2, 0) is 16.0 Å². The van der Waals surface area contributed by atoms with Gasteiger partial charge in [-0.05, 0) is 71.8 Å². The summed E-state index contributed by atoms with van der Waals surface area (Å²) in [5, 5.41) is 7.16. The Kier molecular flexibility index (Phi) is 10.0. The lowest BCUT2D eigenvalue weighted by Gasteiger charge is -2.25. The zero-order valence-corrected chi connectivity index (χ0v) is 22.6. The minimum atomic E-state index is -0.134. The third-order valence-corrected chi connectivity index (χ3v) is 7.90. The van der Waals surface area contributed by atoms with Gasteiger partial charge in [-0.3, -0.25) is 4.79 Å². The molecule has 0 saturated heterocycles. The van der Waals surface area contributed by atoms with E-state index in [1.807, 2.05) is 24.3 Å². The highest BCUT2D eigenvalue weighted by atomic mass is 31.1. The minimum absolute atomic E-state index is 0.134. The number of methoxy groups -OCH3 is 1. The number of nitrogens with zero attached hydrogens (tertiary/aromatic N) is 3. The Labute approximate surface area is 216 Å². The largest absolute Gasteiger partial charge is 0.494 e. The third-order valence-electron chi connectivity index (χ3n) is 6.92. The van der Waals surface area contributed by atoms with Crippen molar-refractivity contribution in [3.05, 3.63) is 29.8 Å². The van der Waals surface area contributed by atoms with Crippen LogP contribution in [0.15, 0.2) is 24.3 Å². The molecule has 0 amide bonds. The molecule has 1 unspecified atom stereocenters. The van der Waals surface area contributed by atoms with Crippen LogP contribution < -0.4 is 20.0 Å². The molecule has 1 aliphatic carbocycles. The van der Waals surface area contributed by atoms with Crippen molar-refractivity contribution in [2.75, 3.05) is 42.2 Å². The summed E-state index contributed by atoms with van der Waals surface area (Å²) < 4.78 is 12.9. The first-order chi connectivity index (χ1) is 17.7. The van der Waals surface area contributed by atoms with Crippen LogP contribution in [0.25, 0.3) is 0 Å². The first kappa shape index (κ1) is 26.5. The summed E-state index contributed by atoms with van der Waals surface area (Å²) in [5.41, 5.74) is 2.20. The van der Waals surface area contributed by atoms with E-state index in [1.54, 1.807) is 0 Å². The molecule has 36 heavy (non-hydrogen) atoms. The number of unbranched alkanes of at least 4 members (excludes halogenated alkanes) is 3. The quantitative estimate of drug-likeness (QED) is 0.190. The molecule has 1 aliphatic heterocycles. The Morgan fingerprint density at radius 1 is 1.08 bits per heavy atom. The summed E-state index contributed by atoms with van der Waals surface area (Å²) in [6, 6.07) is 8.49. The second-order valence-corrected chi connectivity index (χ2v) is 10.5. The highest BCUT2D eigenvalue weighted by Gasteiger charge is 2.26. The Balaban J connectivity index is 1.31. The standard InChI is InChI=1S/C27H40N5O3P/c1-34-24(33)12-8-3-4-9-19-35-22-15-13-21(14-16-22)29-27-30-25(28-20-10-6-5-7-11-20)23-17-18-32(36-2)26(23)31-27/h13-16,20,36H,3-12,17-19H2,1-2H3,(H2,28,29,30,31). The van der Waals surface area contributed by atoms with Gasteiger partial charge in [-0.25, -0.2) is 0 Å². The lowest BCUT2D eigenvalue weighted by Crippen LogP contribution is -2.24. The number of anilines is 4. The first-order valence-corrected chi connectivity index (χ1v) is 14.8. The van der Waals surface area contributed by atoms with Crippen LogP contribution in [0.4, 0.5) is 23.3 Å². The molecule has 1 aromatic heterocycles. The van der Waals surface area contributed by atoms with Gasteiger partial charge < -0.3 is 24.8 Å². The van der Waals surface area contributed by atoms with Crippen molar-refractivity contribution in [2.45, 2.75) is 76.7 Å². The number of fused-ring (bicyclic) bond motifs is 1. The van der Waals surface area contributed by atoms with E-state index in [0.29, 0.717) is 33.7 Å². The van der Waals surface area contributed by atoms with Crippen molar-refractivity contribution >= 4 is 38.0 Å². The average molecular weight is 514 g/mol. The Morgan fingerprint density at radius 2 is 1.86 bits per heavy atom. The molecule has 2 heterocycles. The molecule has 0 spiro atoms. The lowest BCUT2D eigenvalue weighted by atomic mass is 9.95. The van der Waals surface area contributed by atoms with Gasteiger partial charge in [-0.15, -0.1) is 0 Å². The number of esters is 1. The number of nitrogens with one attached hydrogen (secondary N) is 2. The van der Waals surface area contributed by atoms with Crippen molar-refractivity contribution in [2.24, 2.45) is 0 Å². The van der Waals surface area contributed by atoms with Crippen LogP contribution in [0.2, 0.25) is 0 Å². The third kappa shape index (κ3) is 7.45. The first-order valence-electron chi connectivity index (χ1n) is 13.4. The van der Waals surface area contributed by atoms with Crippen LogP contribution >= 0.6 is 8.73 Å². The summed E-state index contributed by atoms with van der Waals surface area (Å²) in [5.74, 6) is 3.42. The number of benzene rings is 1. The van der Waals surface area contributed by atoms with E-state index < -0.39 is 0 Å². The monoisotopic (exact) mass is 513 g/mol. The molecule has 196 valence electrons. The van der Waals surface area contributed by atoms with Gasteiger partial charge in [0.2, 0.25) is 5.95 Å². The predicted molar refractivity (Wildman–Crippen MR) is 148 cm³/mol. The minimum Gasteiger partial charge on any atom is -0.494 e. The molecular weight excluding hydrogens is 473 g/mol. The normalized spacial score (nSPS) is 15.8. The average Bonchev–Trinajstić information content (AvgIpc) is 3.33. The molecule has 4 rings (SSSR count). The smallest absolute Gasteiger partial charge is 0.305 e. The van der Waals surface area contributed by atoms with Crippen LogP contribution in [0.3, 0.4) is 0 Å². The van der Waals surface area contributed by atoms with Gasteiger partial charge in [-0.1, -0.05) is 32.1 Å². The summed E-state index contributed by atoms with van der Waals surface area (Å²) in [6.45, 7) is 3.89. The SMILES string of the molecule is COC(=O)CCCCCCOc1ccc(Nc2nc(NC3CCCCC3)c3c(n2)N(PC)CC3)cc1. The van der Waals surface area contributed by atoms with Crippen molar-refractivity contribution in [1.82, 2.24) is 9.97 Å². The van der Waals surface area contributed by atoms with E-state index in [0.717, 1.165) is 61.7 Å². The fourth-order valence-corrected chi connectivity index (χ4v) is 5.60. The molecule has 1 fully saturated rings. The zero-order valence-electron chi connectivity index (χ0n) is 21.6. The number of hydrogen-bond acceptors (Lipinski definition) is 8. The van der Waals surface area contributed by atoms with Gasteiger partial charge in [0, 0.05) is 30.3 Å². The molecule has 2 N–H and O–H groups in total. The maximum atomic E-state index is 11.1. The van der Waals surface area contributed by atoms with Gasteiger partial charge in [0.1, 0.15) is 17.4 Å². The van der Waals surface area contributed by atoms with Gasteiger partial charge in [0.25, 0.3) is 0 Å². The van der Waals surface area contributed by atoms with Crippen LogP contribution in [-0.4, -0.2) is 48.9 Å². The molecule has 0 bridgehead atoms. The fourth-order valence-electron chi connectivity index (χ4n) is 4.87. The summed E-state index contributed by atoms with van der Waals surface area (Å²) in [4.78, 5) is 20.9. The second kappa shape index (κ2) is 13.6. The molecule has 0 radical (unpaired) electrons. The molecule has 9 heteroatoms.